The predicted octanol–water partition coefficient (Wildman–Crippen LogP) is 2.67. The van der Waals surface area contributed by atoms with Crippen LogP contribution in [-0.4, -0.2) is 17.6 Å². The number of aromatic nitrogens is 1. The fourth-order valence-electron chi connectivity index (χ4n) is 1.76. The minimum atomic E-state index is 0.568. The molecule has 1 fully saturated rings. The van der Waals surface area contributed by atoms with E-state index in [-0.39, 0.29) is 0 Å². The first-order chi connectivity index (χ1) is 7.25. The molecule has 0 spiro atoms. The van der Waals surface area contributed by atoms with Gasteiger partial charge in [-0.3, -0.25) is 0 Å². The van der Waals surface area contributed by atoms with E-state index in [2.05, 4.69) is 17.2 Å². The van der Waals surface area contributed by atoms with Gasteiger partial charge < -0.3 is 5.32 Å². The number of nitrogens with zero attached hydrogens (tertiary/aromatic N) is 1. The number of hydrogen-bond donors (Lipinski definition) is 1. The van der Waals surface area contributed by atoms with Crippen LogP contribution >= 0.6 is 11.6 Å². The van der Waals surface area contributed by atoms with Crippen LogP contribution in [0, 0.1) is 5.92 Å². The molecule has 0 bridgehead atoms. The summed E-state index contributed by atoms with van der Waals surface area (Å²) < 4.78 is 0. The Kier molecular flexibility index (Phi) is 3.60. The summed E-state index contributed by atoms with van der Waals surface area (Å²) in [7, 11) is 0. The van der Waals surface area contributed by atoms with E-state index in [1.165, 1.54) is 18.4 Å². The highest BCUT2D eigenvalue weighted by Crippen LogP contribution is 2.32. The molecule has 1 saturated carbocycles. The van der Waals surface area contributed by atoms with Gasteiger partial charge in [-0.25, -0.2) is 4.98 Å². The van der Waals surface area contributed by atoms with E-state index < -0.39 is 0 Å². The van der Waals surface area contributed by atoms with Crippen LogP contribution in [0.1, 0.15) is 25.3 Å². The molecule has 2 nitrogen and oxygen atoms in total. The summed E-state index contributed by atoms with van der Waals surface area (Å²) in [4.78, 5) is 4.06. The van der Waals surface area contributed by atoms with E-state index in [0.29, 0.717) is 11.2 Å². The maximum atomic E-state index is 5.72. The topological polar surface area (TPSA) is 24.9 Å². The highest BCUT2D eigenvalue weighted by atomic mass is 35.5. The first-order valence-electron chi connectivity index (χ1n) is 5.59. The highest BCUT2D eigenvalue weighted by molar-refractivity contribution is 6.29. The van der Waals surface area contributed by atoms with Crippen molar-refractivity contribution in [2.75, 3.05) is 6.54 Å². The fraction of sp³-hybridized carbons (Fsp3) is 0.583. The SMILES string of the molecule is CC(NCCc1ccc(Cl)nc1)C1CC1. The summed E-state index contributed by atoms with van der Waals surface area (Å²) in [6.07, 6.45) is 5.68. The van der Waals surface area contributed by atoms with Crippen molar-refractivity contribution in [1.82, 2.24) is 10.3 Å². The lowest BCUT2D eigenvalue weighted by Gasteiger charge is -2.12. The lowest BCUT2D eigenvalue weighted by molar-refractivity contribution is 0.500. The monoisotopic (exact) mass is 224 g/mol. The van der Waals surface area contributed by atoms with Crippen molar-refractivity contribution in [3.63, 3.8) is 0 Å². The third-order valence-corrected chi connectivity index (χ3v) is 3.22. The Labute approximate surface area is 96.1 Å². The van der Waals surface area contributed by atoms with Crippen molar-refractivity contribution < 1.29 is 0 Å². The molecule has 0 aromatic carbocycles. The summed E-state index contributed by atoms with van der Waals surface area (Å²) in [5.74, 6) is 0.924. The Morgan fingerprint density at radius 3 is 2.93 bits per heavy atom. The van der Waals surface area contributed by atoms with E-state index in [1.807, 2.05) is 18.3 Å². The van der Waals surface area contributed by atoms with Gasteiger partial charge in [-0.1, -0.05) is 17.7 Å². The Balaban J connectivity index is 1.70. The van der Waals surface area contributed by atoms with Crippen molar-refractivity contribution >= 4 is 11.6 Å². The molecule has 0 saturated heterocycles. The third-order valence-electron chi connectivity index (χ3n) is 3.00. The van der Waals surface area contributed by atoms with Crippen LogP contribution in [0.2, 0.25) is 5.15 Å². The van der Waals surface area contributed by atoms with E-state index in [1.54, 1.807) is 0 Å². The number of halogens is 1. The van der Waals surface area contributed by atoms with Crippen LogP contribution in [0.4, 0.5) is 0 Å². The van der Waals surface area contributed by atoms with E-state index in [4.69, 9.17) is 11.6 Å². The van der Waals surface area contributed by atoms with Gasteiger partial charge >= 0.3 is 0 Å². The van der Waals surface area contributed by atoms with E-state index in [0.717, 1.165) is 18.9 Å². The zero-order valence-corrected chi connectivity index (χ0v) is 9.80. The maximum Gasteiger partial charge on any atom is 0.129 e. The van der Waals surface area contributed by atoms with Crippen LogP contribution < -0.4 is 5.32 Å². The Bertz CT molecular complexity index is 306. The Hall–Kier alpha value is -0.600. The van der Waals surface area contributed by atoms with E-state index in [9.17, 15) is 0 Å². The van der Waals surface area contributed by atoms with Gasteiger partial charge in [0.1, 0.15) is 5.15 Å². The molecule has 82 valence electrons. The molecule has 2 rings (SSSR count). The van der Waals surface area contributed by atoms with Crippen molar-refractivity contribution in [3.8, 4) is 0 Å². The lowest BCUT2D eigenvalue weighted by atomic mass is 10.2. The molecule has 1 heterocycles. The predicted molar refractivity (Wildman–Crippen MR) is 63.1 cm³/mol. The van der Waals surface area contributed by atoms with Gasteiger partial charge in [-0.05, 0) is 50.3 Å². The molecule has 1 aromatic rings. The molecular weight excluding hydrogens is 208 g/mol. The average Bonchev–Trinajstić information content (AvgIpc) is 3.04. The molecule has 1 aromatic heterocycles. The number of pyridine rings is 1. The van der Waals surface area contributed by atoms with Crippen LogP contribution in [0.15, 0.2) is 18.3 Å². The van der Waals surface area contributed by atoms with Gasteiger partial charge in [-0.15, -0.1) is 0 Å². The summed E-state index contributed by atoms with van der Waals surface area (Å²) >= 11 is 5.72. The summed E-state index contributed by atoms with van der Waals surface area (Å²) in [5.41, 5.74) is 1.25. The second kappa shape index (κ2) is 4.95. The Morgan fingerprint density at radius 1 is 1.53 bits per heavy atom. The second-order valence-electron chi connectivity index (χ2n) is 4.32. The normalized spacial score (nSPS) is 17.7. The summed E-state index contributed by atoms with van der Waals surface area (Å²) in [5, 5.41) is 4.11. The van der Waals surface area contributed by atoms with Crippen molar-refractivity contribution in [3.05, 3.63) is 29.0 Å². The molecule has 1 atom stereocenters. The highest BCUT2D eigenvalue weighted by Gasteiger charge is 2.27. The molecule has 1 aliphatic rings. The quantitative estimate of drug-likeness (QED) is 0.778. The molecular formula is C12H17ClN2. The molecule has 1 N–H and O–H groups in total. The zero-order valence-electron chi connectivity index (χ0n) is 9.04. The molecule has 3 heteroatoms. The molecule has 1 aliphatic carbocycles. The van der Waals surface area contributed by atoms with Gasteiger partial charge in [0.05, 0.1) is 0 Å². The Morgan fingerprint density at radius 2 is 2.33 bits per heavy atom. The van der Waals surface area contributed by atoms with Gasteiger partial charge in [0.2, 0.25) is 0 Å². The number of nitrogens with one attached hydrogen (secondary N) is 1. The third kappa shape index (κ3) is 3.47. The molecule has 15 heavy (non-hydrogen) atoms. The minimum absolute atomic E-state index is 0.568. The first-order valence-corrected chi connectivity index (χ1v) is 5.97. The van der Waals surface area contributed by atoms with Crippen LogP contribution in [0.5, 0.6) is 0 Å². The van der Waals surface area contributed by atoms with Crippen molar-refractivity contribution in [2.45, 2.75) is 32.2 Å². The minimum Gasteiger partial charge on any atom is -0.314 e. The first kappa shape index (κ1) is 10.9. The van der Waals surface area contributed by atoms with Gasteiger partial charge in [0.25, 0.3) is 0 Å². The fourth-order valence-corrected chi connectivity index (χ4v) is 1.87. The molecule has 0 amide bonds. The maximum absolute atomic E-state index is 5.72. The molecule has 0 radical (unpaired) electrons. The lowest BCUT2D eigenvalue weighted by Crippen LogP contribution is -2.29. The largest absolute Gasteiger partial charge is 0.314 e. The van der Waals surface area contributed by atoms with Gasteiger partial charge in [0, 0.05) is 12.2 Å². The number of hydrogen-bond acceptors (Lipinski definition) is 2. The smallest absolute Gasteiger partial charge is 0.129 e. The van der Waals surface area contributed by atoms with Crippen LogP contribution in [0.3, 0.4) is 0 Å². The average molecular weight is 225 g/mol. The van der Waals surface area contributed by atoms with Gasteiger partial charge in [0.15, 0.2) is 0 Å². The van der Waals surface area contributed by atoms with E-state index >= 15 is 0 Å². The molecule has 0 aliphatic heterocycles. The van der Waals surface area contributed by atoms with Crippen LogP contribution in [-0.2, 0) is 6.42 Å². The number of rotatable bonds is 5. The summed E-state index contributed by atoms with van der Waals surface area (Å²) in [6, 6.07) is 4.56. The van der Waals surface area contributed by atoms with Gasteiger partial charge in [-0.2, -0.15) is 0 Å². The second-order valence-corrected chi connectivity index (χ2v) is 4.71. The standard InChI is InChI=1S/C12H17ClN2/c1-9(11-3-4-11)14-7-6-10-2-5-12(13)15-8-10/h2,5,8-9,11,14H,3-4,6-7H2,1H3. The summed E-state index contributed by atoms with van der Waals surface area (Å²) in [6.45, 7) is 3.30. The molecule has 1 unspecified atom stereocenters. The van der Waals surface area contributed by atoms with Crippen LogP contribution in [0.25, 0.3) is 0 Å². The van der Waals surface area contributed by atoms with Crippen molar-refractivity contribution in [2.24, 2.45) is 5.92 Å². The van der Waals surface area contributed by atoms with Crippen molar-refractivity contribution in [1.29, 1.82) is 0 Å². The zero-order chi connectivity index (χ0) is 10.7.